The Labute approximate surface area is 170 Å². The molecule has 0 radical (unpaired) electrons. The number of hydrogen-bond acceptors (Lipinski definition) is 6. The first-order chi connectivity index (χ1) is 13.4. The van der Waals surface area contributed by atoms with Crippen LogP contribution in [0.1, 0.15) is 50.8 Å². The minimum Gasteiger partial charge on any atom is -0.462 e. The number of aryl methyl sites for hydroxylation is 1. The van der Waals surface area contributed by atoms with E-state index in [1.54, 1.807) is 18.3 Å². The third-order valence-corrected chi connectivity index (χ3v) is 6.32. The molecule has 1 N–H and O–H groups in total. The summed E-state index contributed by atoms with van der Waals surface area (Å²) >= 11 is 1.79. The zero-order chi connectivity index (χ0) is 20.3. The first-order valence-electron chi connectivity index (χ1n) is 9.81. The van der Waals surface area contributed by atoms with Crippen LogP contribution in [0.15, 0.2) is 17.5 Å². The summed E-state index contributed by atoms with van der Waals surface area (Å²) in [6, 6.07) is 4.03. The van der Waals surface area contributed by atoms with E-state index in [0.717, 1.165) is 32.7 Å². The summed E-state index contributed by atoms with van der Waals surface area (Å²) in [5, 5.41) is 2.11. The summed E-state index contributed by atoms with van der Waals surface area (Å²) in [6.45, 7) is 12.3. The summed E-state index contributed by atoms with van der Waals surface area (Å²) in [7, 11) is 0. The predicted molar refractivity (Wildman–Crippen MR) is 111 cm³/mol. The monoisotopic (exact) mass is 403 g/mol. The summed E-state index contributed by atoms with van der Waals surface area (Å²) in [5.74, 6) is -0.342. The van der Waals surface area contributed by atoms with Gasteiger partial charge in [0.1, 0.15) is 0 Å². The molecule has 1 fully saturated rings. The standard InChI is InChI=1S/C21H29N3O3S/c1-5-27-21(26)18-14(2)19(22-15(18)3)20(25)16(4)24-10-8-23(9-11-24)13-17-7-6-12-28-17/h6-7,12,16,22H,5,8-11,13H2,1-4H3/t16-/m0/s1. The molecule has 1 aliphatic rings. The number of piperazine rings is 1. The fourth-order valence-electron chi connectivity index (χ4n) is 3.81. The van der Waals surface area contributed by atoms with E-state index in [1.165, 1.54) is 4.88 Å². The van der Waals surface area contributed by atoms with Gasteiger partial charge in [0, 0.05) is 43.3 Å². The molecule has 3 rings (SSSR count). The molecule has 0 aliphatic carbocycles. The number of H-pyrrole nitrogens is 1. The normalized spacial score (nSPS) is 16.9. The average Bonchev–Trinajstić information content (AvgIpc) is 3.29. The van der Waals surface area contributed by atoms with E-state index >= 15 is 0 Å². The first kappa shape index (κ1) is 20.8. The minimum atomic E-state index is -0.373. The van der Waals surface area contributed by atoms with Crippen molar-refractivity contribution in [3.63, 3.8) is 0 Å². The zero-order valence-electron chi connectivity index (χ0n) is 17.1. The van der Waals surface area contributed by atoms with E-state index in [2.05, 4.69) is 32.3 Å². The van der Waals surface area contributed by atoms with Crippen LogP contribution in [-0.2, 0) is 11.3 Å². The number of ketones is 1. The van der Waals surface area contributed by atoms with E-state index < -0.39 is 0 Å². The highest BCUT2D eigenvalue weighted by Crippen LogP contribution is 2.22. The molecule has 1 aliphatic heterocycles. The third-order valence-electron chi connectivity index (χ3n) is 5.46. The highest BCUT2D eigenvalue weighted by Gasteiger charge is 2.30. The lowest BCUT2D eigenvalue weighted by molar-refractivity contribution is 0.0525. The minimum absolute atomic E-state index is 0.0304. The zero-order valence-corrected chi connectivity index (χ0v) is 17.9. The van der Waals surface area contributed by atoms with Gasteiger partial charge in [-0.25, -0.2) is 4.79 Å². The smallest absolute Gasteiger partial charge is 0.340 e. The van der Waals surface area contributed by atoms with Gasteiger partial charge >= 0.3 is 5.97 Å². The Kier molecular flexibility index (Phi) is 6.69. The quantitative estimate of drug-likeness (QED) is 0.568. The van der Waals surface area contributed by atoms with Crippen molar-refractivity contribution in [1.82, 2.24) is 14.8 Å². The van der Waals surface area contributed by atoms with E-state index in [9.17, 15) is 9.59 Å². The summed E-state index contributed by atoms with van der Waals surface area (Å²) in [6.07, 6.45) is 0. The maximum Gasteiger partial charge on any atom is 0.340 e. The van der Waals surface area contributed by atoms with Crippen molar-refractivity contribution < 1.29 is 14.3 Å². The Balaban J connectivity index is 1.63. The third kappa shape index (κ3) is 4.37. The molecule has 0 spiro atoms. The lowest BCUT2D eigenvalue weighted by Gasteiger charge is -2.37. The van der Waals surface area contributed by atoms with Crippen LogP contribution < -0.4 is 0 Å². The van der Waals surface area contributed by atoms with Gasteiger partial charge in [0.2, 0.25) is 0 Å². The van der Waals surface area contributed by atoms with Gasteiger partial charge in [-0.2, -0.15) is 0 Å². The second kappa shape index (κ2) is 9.03. The second-order valence-corrected chi connectivity index (χ2v) is 8.31. The molecule has 28 heavy (non-hydrogen) atoms. The number of aromatic nitrogens is 1. The lowest BCUT2D eigenvalue weighted by Crippen LogP contribution is -2.51. The number of carbonyl (C=O) groups is 2. The molecule has 1 atom stereocenters. The molecular weight excluding hydrogens is 374 g/mol. The largest absolute Gasteiger partial charge is 0.462 e. The van der Waals surface area contributed by atoms with Crippen LogP contribution in [0.25, 0.3) is 0 Å². The van der Waals surface area contributed by atoms with Gasteiger partial charge in [-0.15, -0.1) is 11.3 Å². The molecule has 2 aromatic heterocycles. The van der Waals surface area contributed by atoms with E-state index in [0.29, 0.717) is 29.1 Å². The van der Waals surface area contributed by atoms with E-state index in [4.69, 9.17) is 4.74 Å². The van der Waals surface area contributed by atoms with Gasteiger partial charge in [-0.1, -0.05) is 6.07 Å². The molecule has 3 heterocycles. The number of hydrogen-bond donors (Lipinski definition) is 1. The Bertz CT molecular complexity index is 820. The van der Waals surface area contributed by atoms with Crippen molar-refractivity contribution in [3.8, 4) is 0 Å². The van der Waals surface area contributed by atoms with Gasteiger partial charge in [0.15, 0.2) is 5.78 Å². The molecule has 1 saturated heterocycles. The van der Waals surface area contributed by atoms with Gasteiger partial charge in [0.05, 0.1) is 23.9 Å². The number of ether oxygens (including phenoxy) is 1. The summed E-state index contributed by atoms with van der Waals surface area (Å²) in [5.41, 5.74) is 2.38. The number of aromatic amines is 1. The number of nitrogens with one attached hydrogen (secondary N) is 1. The SMILES string of the molecule is CCOC(=O)c1c(C)[nH]c(C(=O)[C@H](C)N2CCN(Cc3cccs3)CC2)c1C. The van der Waals surface area contributed by atoms with E-state index in [1.807, 2.05) is 20.8 Å². The highest BCUT2D eigenvalue weighted by molar-refractivity contribution is 7.09. The topological polar surface area (TPSA) is 65.6 Å². The van der Waals surface area contributed by atoms with Crippen molar-refractivity contribution in [2.45, 2.75) is 40.3 Å². The average molecular weight is 404 g/mol. The first-order valence-corrected chi connectivity index (χ1v) is 10.7. The van der Waals surface area contributed by atoms with E-state index in [-0.39, 0.29) is 17.8 Å². The van der Waals surface area contributed by atoms with Crippen LogP contribution in [0, 0.1) is 13.8 Å². The second-order valence-electron chi connectivity index (χ2n) is 7.28. The Morgan fingerprint density at radius 2 is 1.96 bits per heavy atom. The highest BCUT2D eigenvalue weighted by atomic mass is 32.1. The molecule has 0 bridgehead atoms. The Hall–Kier alpha value is -1.96. The van der Waals surface area contributed by atoms with Crippen molar-refractivity contribution in [2.75, 3.05) is 32.8 Å². The van der Waals surface area contributed by atoms with Gasteiger partial charge < -0.3 is 9.72 Å². The molecule has 0 saturated carbocycles. The van der Waals surface area contributed by atoms with Gasteiger partial charge in [0.25, 0.3) is 0 Å². The molecule has 0 unspecified atom stereocenters. The number of esters is 1. The number of Topliss-reactive ketones (excluding diaryl/α,β-unsaturated/α-hetero) is 1. The van der Waals surface area contributed by atoms with Gasteiger partial charge in [-0.3, -0.25) is 14.6 Å². The van der Waals surface area contributed by atoms with Crippen molar-refractivity contribution in [2.24, 2.45) is 0 Å². The molecule has 0 aromatic carbocycles. The maximum absolute atomic E-state index is 13.1. The van der Waals surface area contributed by atoms with Crippen LogP contribution in [0.2, 0.25) is 0 Å². The number of nitrogens with zero attached hydrogens (tertiary/aromatic N) is 2. The molecule has 7 heteroatoms. The number of carbonyl (C=O) groups excluding carboxylic acids is 2. The lowest BCUT2D eigenvalue weighted by atomic mass is 10.0. The molecule has 6 nitrogen and oxygen atoms in total. The molecule has 2 aromatic rings. The summed E-state index contributed by atoms with van der Waals surface area (Å²) < 4.78 is 5.13. The molecule has 152 valence electrons. The van der Waals surface area contributed by atoms with Crippen LogP contribution in [0.3, 0.4) is 0 Å². The van der Waals surface area contributed by atoms with Gasteiger partial charge in [-0.05, 0) is 44.7 Å². The van der Waals surface area contributed by atoms with Crippen molar-refractivity contribution in [3.05, 3.63) is 44.9 Å². The number of rotatable bonds is 7. The fourth-order valence-corrected chi connectivity index (χ4v) is 4.56. The van der Waals surface area contributed by atoms with Crippen LogP contribution in [0.5, 0.6) is 0 Å². The van der Waals surface area contributed by atoms with Crippen LogP contribution in [-0.4, -0.2) is 65.4 Å². The molecule has 0 amide bonds. The Morgan fingerprint density at radius 1 is 1.25 bits per heavy atom. The predicted octanol–water partition coefficient (Wildman–Crippen LogP) is 3.26. The number of thiophene rings is 1. The van der Waals surface area contributed by atoms with Crippen LogP contribution in [0.4, 0.5) is 0 Å². The Morgan fingerprint density at radius 3 is 2.57 bits per heavy atom. The molecular formula is C21H29N3O3S. The summed E-state index contributed by atoms with van der Waals surface area (Å²) in [4.78, 5) is 34.5. The van der Waals surface area contributed by atoms with Crippen molar-refractivity contribution >= 4 is 23.1 Å². The van der Waals surface area contributed by atoms with Crippen LogP contribution >= 0.6 is 11.3 Å². The fraction of sp³-hybridized carbons (Fsp3) is 0.524. The van der Waals surface area contributed by atoms with Crippen molar-refractivity contribution in [1.29, 1.82) is 0 Å². The maximum atomic E-state index is 13.1.